The third kappa shape index (κ3) is 3.07. The summed E-state index contributed by atoms with van der Waals surface area (Å²) >= 11 is 6.09. The second kappa shape index (κ2) is 6.12. The fourth-order valence-corrected chi connectivity index (χ4v) is 2.24. The summed E-state index contributed by atoms with van der Waals surface area (Å²) in [6.07, 6.45) is 0. The maximum Gasteiger partial charge on any atom is 0.161 e. The van der Waals surface area contributed by atoms with Gasteiger partial charge in [-0.1, -0.05) is 11.6 Å². The van der Waals surface area contributed by atoms with Crippen molar-refractivity contribution < 1.29 is 9.13 Å². The molecule has 0 aliphatic carbocycles. The van der Waals surface area contributed by atoms with E-state index < -0.39 is 0 Å². The number of benzene rings is 2. The maximum absolute atomic E-state index is 13.0. The van der Waals surface area contributed by atoms with Crippen molar-refractivity contribution in [2.45, 2.75) is 0 Å². The van der Waals surface area contributed by atoms with Crippen LogP contribution in [-0.2, 0) is 0 Å². The van der Waals surface area contributed by atoms with E-state index in [1.165, 1.54) is 12.1 Å². The van der Waals surface area contributed by atoms with E-state index in [0.29, 0.717) is 16.7 Å². The number of hydrogen-bond acceptors (Lipinski definition) is 3. The zero-order valence-corrected chi connectivity index (χ0v) is 12.5. The molecule has 0 unspecified atom stereocenters. The molecule has 3 rings (SSSR count). The van der Waals surface area contributed by atoms with Gasteiger partial charge in [0.05, 0.1) is 12.8 Å². The molecule has 0 fully saturated rings. The van der Waals surface area contributed by atoms with Crippen LogP contribution in [-0.4, -0.2) is 17.1 Å². The fraction of sp³-hybridized carbons (Fsp3) is 0.0588. The third-order valence-electron chi connectivity index (χ3n) is 3.18. The average molecular weight is 315 g/mol. The van der Waals surface area contributed by atoms with Gasteiger partial charge in [-0.3, -0.25) is 0 Å². The lowest BCUT2D eigenvalue weighted by molar-refractivity contribution is 0.415. The molecule has 0 N–H and O–H groups in total. The predicted octanol–water partition coefficient (Wildman–Crippen LogP) is 4.61. The van der Waals surface area contributed by atoms with Gasteiger partial charge >= 0.3 is 0 Å². The van der Waals surface area contributed by atoms with E-state index in [1.54, 1.807) is 25.3 Å². The third-order valence-corrected chi connectivity index (χ3v) is 3.38. The van der Waals surface area contributed by atoms with Crippen LogP contribution in [0.25, 0.3) is 22.6 Å². The van der Waals surface area contributed by atoms with Gasteiger partial charge in [0.25, 0.3) is 0 Å². The lowest BCUT2D eigenvalue weighted by Gasteiger charge is -2.06. The van der Waals surface area contributed by atoms with Crippen LogP contribution >= 0.6 is 11.6 Å². The average Bonchev–Trinajstić information content (AvgIpc) is 2.55. The molecule has 0 atom stereocenters. The quantitative estimate of drug-likeness (QED) is 0.662. The molecule has 110 valence electrons. The molecule has 1 aromatic heterocycles. The number of aromatic nitrogens is 2. The highest BCUT2D eigenvalue weighted by molar-refractivity contribution is 6.29. The molecule has 3 nitrogen and oxygen atoms in total. The molecule has 0 bridgehead atoms. The largest absolute Gasteiger partial charge is 0.497 e. The minimum atomic E-state index is -0.292. The van der Waals surface area contributed by atoms with Gasteiger partial charge in [0.2, 0.25) is 0 Å². The van der Waals surface area contributed by atoms with Crippen molar-refractivity contribution in [1.29, 1.82) is 0 Å². The van der Waals surface area contributed by atoms with Gasteiger partial charge in [-0.25, -0.2) is 14.4 Å². The van der Waals surface area contributed by atoms with Crippen LogP contribution in [0.1, 0.15) is 0 Å². The minimum absolute atomic E-state index is 0.292. The Hall–Kier alpha value is -2.46. The summed E-state index contributed by atoms with van der Waals surface area (Å²) in [6, 6.07) is 15.1. The topological polar surface area (TPSA) is 35.0 Å². The Morgan fingerprint density at radius 2 is 1.55 bits per heavy atom. The van der Waals surface area contributed by atoms with Crippen molar-refractivity contribution in [3.63, 3.8) is 0 Å². The normalized spacial score (nSPS) is 10.5. The molecule has 0 aliphatic heterocycles. The van der Waals surface area contributed by atoms with Crippen molar-refractivity contribution in [1.82, 2.24) is 9.97 Å². The Balaban J connectivity index is 2.03. The number of methoxy groups -OCH3 is 1. The molecule has 0 saturated carbocycles. The molecule has 0 saturated heterocycles. The highest BCUT2D eigenvalue weighted by atomic mass is 35.5. The molecule has 0 spiro atoms. The van der Waals surface area contributed by atoms with Gasteiger partial charge in [-0.05, 0) is 48.5 Å². The van der Waals surface area contributed by atoms with Crippen molar-refractivity contribution in [3.8, 4) is 28.4 Å². The van der Waals surface area contributed by atoms with Crippen molar-refractivity contribution >= 4 is 11.6 Å². The second-order valence-corrected chi connectivity index (χ2v) is 5.02. The summed E-state index contributed by atoms with van der Waals surface area (Å²) in [4.78, 5) is 8.74. The Kier molecular flexibility index (Phi) is 4.02. The van der Waals surface area contributed by atoms with E-state index in [9.17, 15) is 4.39 Å². The van der Waals surface area contributed by atoms with Crippen LogP contribution in [0.15, 0.2) is 54.6 Å². The smallest absolute Gasteiger partial charge is 0.161 e. The van der Waals surface area contributed by atoms with Crippen LogP contribution in [0.5, 0.6) is 5.75 Å². The van der Waals surface area contributed by atoms with E-state index in [2.05, 4.69) is 9.97 Å². The predicted molar refractivity (Wildman–Crippen MR) is 84.4 cm³/mol. The van der Waals surface area contributed by atoms with Gasteiger partial charge in [0, 0.05) is 17.2 Å². The van der Waals surface area contributed by atoms with Gasteiger partial charge in [0.15, 0.2) is 5.82 Å². The van der Waals surface area contributed by atoms with Gasteiger partial charge in [-0.15, -0.1) is 0 Å². The first kappa shape index (κ1) is 14.5. The number of nitrogens with zero attached hydrogens (tertiary/aromatic N) is 2. The number of hydrogen-bond donors (Lipinski definition) is 0. The van der Waals surface area contributed by atoms with Crippen LogP contribution in [0.3, 0.4) is 0 Å². The van der Waals surface area contributed by atoms with Gasteiger partial charge in [0.1, 0.15) is 16.7 Å². The number of ether oxygens (including phenoxy) is 1. The van der Waals surface area contributed by atoms with E-state index in [4.69, 9.17) is 16.3 Å². The van der Waals surface area contributed by atoms with E-state index in [0.717, 1.165) is 16.9 Å². The van der Waals surface area contributed by atoms with Crippen LogP contribution in [0, 0.1) is 5.82 Å². The Bertz CT molecular complexity index is 789. The maximum atomic E-state index is 13.0. The van der Waals surface area contributed by atoms with E-state index >= 15 is 0 Å². The fourth-order valence-electron chi connectivity index (χ4n) is 2.06. The van der Waals surface area contributed by atoms with E-state index in [1.807, 2.05) is 24.3 Å². The summed E-state index contributed by atoms with van der Waals surface area (Å²) in [6.45, 7) is 0. The molecule has 2 aromatic carbocycles. The summed E-state index contributed by atoms with van der Waals surface area (Å²) in [7, 11) is 1.61. The SMILES string of the molecule is COc1ccc(-c2nc(Cl)cc(-c3ccc(F)cc3)n2)cc1. The summed E-state index contributed by atoms with van der Waals surface area (Å²) < 4.78 is 18.2. The number of rotatable bonds is 3. The first-order chi connectivity index (χ1) is 10.7. The molecule has 0 radical (unpaired) electrons. The molecule has 1 heterocycles. The Morgan fingerprint density at radius 1 is 0.909 bits per heavy atom. The summed E-state index contributed by atoms with van der Waals surface area (Å²) in [5.74, 6) is 0.971. The van der Waals surface area contributed by atoms with Crippen LogP contribution in [0.4, 0.5) is 4.39 Å². The van der Waals surface area contributed by atoms with E-state index in [-0.39, 0.29) is 5.82 Å². The molecule has 5 heteroatoms. The highest BCUT2D eigenvalue weighted by Crippen LogP contribution is 2.25. The van der Waals surface area contributed by atoms with Crippen LogP contribution < -0.4 is 4.74 Å². The monoisotopic (exact) mass is 314 g/mol. The number of halogens is 2. The highest BCUT2D eigenvalue weighted by Gasteiger charge is 2.08. The molecule has 0 amide bonds. The van der Waals surface area contributed by atoms with Crippen LogP contribution in [0.2, 0.25) is 5.15 Å². The summed E-state index contributed by atoms with van der Waals surface area (Å²) in [5.41, 5.74) is 2.25. The van der Waals surface area contributed by atoms with Crippen molar-refractivity contribution in [3.05, 3.63) is 65.6 Å². The van der Waals surface area contributed by atoms with Crippen molar-refractivity contribution in [2.75, 3.05) is 7.11 Å². The molecule has 0 aliphatic rings. The minimum Gasteiger partial charge on any atom is -0.497 e. The van der Waals surface area contributed by atoms with Crippen molar-refractivity contribution in [2.24, 2.45) is 0 Å². The Morgan fingerprint density at radius 3 is 2.18 bits per heavy atom. The standard InChI is InChI=1S/C17H12ClFN2O/c1-22-14-8-4-12(5-9-14)17-20-15(10-16(18)21-17)11-2-6-13(19)7-3-11/h2-10H,1H3. The lowest BCUT2D eigenvalue weighted by Crippen LogP contribution is -1.93. The summed E-state index contributed by atoms with van der Waals surface area (Å²) in [5, 5.41) is 0.333. The van der Waals surface area contributed by atoms with Gasteiger partial charge in [-0.2, -0.15) is 0 Å². The first-order valence-electron chi connectivity index (χ1n) is 6.60. The first-order valence-corrected chi connectivity index (χ1v) is 6.98. The zero-order chi connectivity index (χ0) is 15.5. The molecule has 3 aromatic rings. The zero-order valence-electron chi connectivity index (χ0n) is 11.8. The lowest BCUT2D eigenvalue weighted by atomic mass is 10.1. The molecular formula is C17H12ClFN2O. The molecule has 22 heavy (non-hydrogen) atoms. The second-order valence-electron chi connectivity index (χ2n) is 4.63. The molecular weight excluding hydrogens is 303 g/mol. The van der Waals surface area contributed by atoms with Gasteiger partial charge < -0.3 is 4.74 Å². The Labute approximate surface area is 132 Å².